The number of hydrogen-bond acceptors (Lipinski definition) is 4. The van der Waals surface area contributed by atoms with Crippen molar-refractivity contribution in [2.75, 3.05) is 0 Å². The highest BCUT2D eigenvalue weighted by molar-refractivity contribution is 5.47. The lowest BCUT2D eigenvalue weighted by molar-refractivity contribution is 0.493. The molecule has 0 unspecified atom stereocenters. The van der Waals surface area contributed by atoms with E-state index in [1.54, 1.807) is 0 Å². The van der Waals surface area contributed by atoms with Crippen LogP contribution in [-0.2, 0) is 16.0 Å². The number of carbonyl (C=O) groups excluding carboxylic acids is 2. The van der Waals surface area contributed by atoms with Crippen LogP contribution < -0.4 is 0 Å². The van der Waals surface area contributed by atoms with Gasteiger partial charge in [-0.2, -0.15) is 9.98 Å². The van der Waals surface area contributed by atoms with Crippen LogP contribution in [0.5, 0.6) is 0 Å². The highest BCUT2D eigenvalue weighted by Gasteiger charge is 2.33. The van der Waals surface area contributed by atoms with Crippen LogP contribution in [0.2, 0.25) is 0 Å². The molecule has 1 aromatic carbocycles. The second kappa shape index (κ2) is 6.27. The predicted molar refractivity (Wildman–Crippen MR) is 80.3 cm³/mol. The first-order valence-electron chi connectivity index (χ1n) is 6.71. The van der Waals surface area contributed by atoms with Crippen molar-refractivity contribution in [2.45, 2.75) is 32.4 Å². The Kier molecular flexibility index (Phi) is 4.44. The molecule has 4 nitrogen and oxygen atoms in total. The number of aliphatic imine (C=N–C) groups is 2. The Balaban J connectivity index is 2.26. The summed E-state index contributed by atoms with van der Waals surface area (Å²) in [6.45, 7) is 3.87. The molecule has 1 aliphatic carbocycles. The molecule has 1 aliphatic rings. The molecular weight excluding hydrogens is 264 g/mol. The fraction of sp³-hybridized carbons (Fsp3) is 0.294. The minimum Gasteiger partial charge on any atom is -0.211 e. The number of benzene rings is 1. The second-order valence-corrected chi connectivity index (χ2v) is 5.20. The average Bonchev–Trinajstić information content (AvgIpc) is 2.44. The lowest BCUT2D eigenvalue weighted by Crippen LogP contribution is -2.27. The Morgan fingerprint density at radius 2 is 1.90 bits per heavy atom. The van der Waals surface area contributed by atoms with Crippen molar-refractivity contribution in [3.63, 3.8) is 0 Å². The van der Waals surface area contributed by atoms with E-state index in [0.717, 1.165) is 17.6 Å². The van der Waals surface area contributed by atoms with Crippen LogP contribution in [0, 0.1) is 6.92 Å². The molecule has 0 fully saturated rings. The van der Waals surface area contributed by atoms with Gasteiger partial charge in [-0.05, 0) is 37.0 Å². The molecule has 0 spiro atoms. The van der Waals surface area contributed by atoms with Gasteiger partial charge in [-0.3, -0.25) is 0 Å². The average molecular weight is 280 g/mol. The normalized spacial score (nSPS) is 20.7. The number of hydrogen-bond donors (Lipinski definition) is 0. The minimum atomic E-state index is -1.15. The third-order valence-corrected chi connectivity index (χ3v) is 3.63. The van der Waals surface area contributed by atoms with Gasteiger partial charge in [0.25, 0.3) is 0 Å². The Labute approximate surface area is 123 Å². The number of aryl methyl sites for hydroxylation is 1. The summed E-state index contributed by atoms with van der Waals surface area (Å²) in [7, 11) is 0. The standard InChI is InChI=1S/C17H16N2O2/c1-13-4-3-5-15(8-13)10-16-6-7-17(18-11-20,19-12-21)14(2)9-16/h3-6,8-9H,7,10H2,1-2H3. The van der Waals surface area contributed by atoms with E-state index >= 15 is 0 Å². The number of nitrogens with zero attached hydrogens (tertiary/aromatic N) is 2. The molecule has 4 heteroatoms. The highest BCUT2D eigenvalue weighted by Crippen LogP contribution is 2.33. The van der Waals surface area contributed by atoms with E-state index < -0.39 is 5.66 Å². The van der Waals surface area contributed by atoms with Gasteiger partial charge in [-0.15, -0.1) is 0 Å². The minimum absolute atomic E-state index is 0.376. The van der Waals surface area contributed by atoms with Crippen LogP contribution in [-0.4, -0.2) is 17.8 Å². The van der Waals surface area contributed by atoms with Crippen molar-refractivity contribution in [1.82, 2.24) is 0 Å². The first-order chi connectivity index (χ1) is 10.1. The van der Waals surface area contributed by atoms with Crippen molar-refractivity contribution in [2.24, 2.45) is 9.98 Å². The van der Waals surface area contributed by atoms with Crippen molar-refractivity contribution in [1.29, 1.82) is 0 Å². The maximum Gasteiger partial charge on any atom is 0.237 e. The Hall–Kier alpha value is -2.54. The molecule has 0 aliphatic heterocycles. The van der Waals surface area contributed by atoms with E-state index in [0.29, 0.717) is 6.42 Å². The van der Waals surface area contributed by atoms with Crippen LogP contribution in [0.15, 0.2) is 57.5 Å². The Bertz CT molecular complexity index is 685. The van der Waals surface area contributed by atoms with Crippen molar-refractivity contribution in [3.05, 3.63) is 58.7 Å². The van der Waals surface area contributed by atoms with Crippen LogP contribution in [0.1, 0.15) is 24.5 Å². The first kappa shape index (κ1) is 14.9. The van der Waals surface area contributed by atoms with E-state index in [9.17, 15) is 9.59 Å². The van der Waals surface area contributed by atoms with E-state index in [-0.39, 0.29) is 0 Å². The number of rotatable bonds is 4. The maximum atomic E-state index is 10.6. The molecule has 0 aromatic heterocycles. The van der Waals surface area contributed by atoms with Gasteiger partial charge in [0.15, 0.2) is 5.66 Å². The number of allylic oxidation sites excluding steroid dienone is 2. The topological polar surface area (TPSA) is 58.9 Å². The summed E-state index contributed by atoms with van der Waals surface area (Å²) in [5.41, 5.74) is 3.15. The molecule has 0 radical (unpaired) electrons. The van der Waals surface area contributed by atoms with Crippen molar-refractivity contribution < 1.29 is 9.59 Å². The van der Waals surface area contributed by atoms with E-state index in [4.69, 9.17) is 0 Å². The van der Waals surface area contributed by atoms with Gasteiger partial charge in [-0.1, -0.05) is 42.0 Å². The molecule has 1 aromatic rings. The summed E-state index contributed by atoms with van der Waals surface area (Å²) in [5, 5.41) is 0. The predicted octanol–water partition coefficient (Wildman–Crippen LogP) is 3.18. The zero-order valence-corrected chi connectivity index (χ0v) is 12.1. The SMILES string of the molecule is CC1=CC(Cc2cccc(C)c2)=CCC1(N=C=O)N=C=O. The zero-order chi connectivity index (χ0) is 15.3. The molecule has 0 N–H and O–H groups in total. The summed E-state index contributed by atoms with van der Waals surface area (Å²) in [6.07, 6.45) is 8.05. The van der Waals surface area contributed by atoms with E-state index in [1.165, 1.54) is 23.3 Å². The Morgan fingerprint density at radius 1 is 1.19 bits per heavy atom. The second-order valence-electron chi connectivity index (χ2n) is 5.20. The monoisotopic (exact) mass is 280 g/mol. The van der Waals surface area contributed by atoms with Gasteiger partial charge in [0.1, 0.15) is 0 Å². The summed E-state index contributed by atoms with van der Waals surface area (Å²) in [6, 6.07) is 8.30. The molecular formula is C17H16N2O2. The molecule has 106 valence electrons. The molecule has 2 rings (SSSR count). The molecule has 21 heavy (non-hydrogen) atoms. The molecule has 0 saturated carbocycles. The molecule has 0 amide bonds. The number of isocyanates is 2. The summed E-state index contributed by atoms with van der Waals surface area (Å²) >= 11 is 0. The summed E-state index contributed by atoms with van der Waals surface area (Å²) in [4.78, 5) is 28.5. The third kappa shape index (κ3) is 3.32. The summed E-state index contributed by atoms with van der Waals surface area (Å²) in [5.74, 6) is 0. The summed E-state index contributed by atoms with van der Waals surface area (Å²) < 4.78 is 0. The Morgan fingerprint density at radius 3 is 2.48 bits per heavy atom. The van der Waals surface area contributed by atoms with Gasteiger partial charge >= 0.3 is 0 Å². The van der Waals surface area contributed by atoms with E-state index in [2.05, 4.69) is 35.1 Å². The molecule has 0 saturated heterocycles. The van der Waals surface area contributed by atoms with Crippen molar-refractivity contribution in [3.8, 4) is 0 Å². The van der Waals surface area contributed by atoms with E-state index in [1.807, 2.05) is 25.1 Å². The van der Waals surface area contributed by atoms with Gasteiger partial charge in [-0.25, -0.2) is 9.59 Å². The van der Waals surface area contributed by atoms with Gasteiger partial charge in [0.2, 0.25) is 12.2 Å². The largest absolute Gasteiger partial charge is 0.237 e. The molecule has 0 atom stereocenters. The smallest absolute Gasteiger partial charge is 0.211 e. The van der Waals surface area contributed by atoms with Crippen LogP contribution in [0.4, 0.5) is 0 Å². The highest BCUT2D eigenvalue weighted by atomic mass is 16.1. The van der Waals surface area contributed by atoms with Crippen LogP contribution >= 0.6 is 0 Å². The zero-order valence-electron chi connectivity index (χ0n) is 12.1. The lowest BCUT2D eigenvalue weighted by atomic mass is 9.88. The van der Waals surface area contributed by atoms with Crippen molar-refractivity contribution >= 4 is 12.2 Å². The maximum absolute atomic E-state index is 10.6. The van der Waals surface area contributed by atoms with Crippen LogP contribution in [0.3, 0.4) is 0 Å². The first-order valence-corrected chi connectivity index (χ1v) is 6.71. The lowest BCUT2D eigenvalue weighted by Gasteiger charge is -2.26. The molecule has 0 bridgehead atoms. The quantitative estimate of drug-likeness (QED) is 0.628. The van der Waals surface area contributed by atoms with Gasteiger partial charge in [0, 0.05) is 6.42 Å². The fourth-order valence-electron chi connectivity index (χ4n) is 2.51. The molecule has 0 heterocycles. The third-order valence-electron chi connectivity index (χ3n) is 3.63. The van der Waals surface area contributed by atoms with Gasteiger partial charge in [0.05, 0.1) is 0 Å². The fourth-order valence-corrected chi connectivity index (χ4v) is 2.51. The van der Waals surface area contributed by atoms with Crippen LogP contribution in [0.25, 0.3) is 0 Å². The van der Waals surface area contributed by atoms with Gasteiger partial charge < -0.3 is 0 Å².